The number of nitrogens with one attached hydrogen (secondary N) is 1. The minimum Gasteiger partial charge on any atom is -0.444 e. The third-order valence-corrected chi connectivity index (χ3v) is 6.38. The summed E-state index contributed by atoms with van der Waals surface area (Å²) < 4.78 is 12.8. The lowest BCUT2D eigenvalue weighted by Crippen LogP contribution is -2.41. The van der Waals surface area contributed by atoms with Crippen LogP contribution in [0.3, 0.4) is 0 Å². The zero-order valence-electron chi connectivity index (χ0n) is 21.2. The number of amides is 1. The Morgan fingerprint density at radius 3 is 2.58 bits per heavy atom. The van der Waals surface area contributed by atoms with E-state index in [0.29, 0.717) is 43.0 Å². The molecule has 188 valence electrons. The van der Waals surface area contributed by atoms with Gasteiger partial charge >= 0.3 is 6.09 Å². The van der Waals surface area contributed by atoms with Gasteiger partial charge in [0.25, 0.3) is 11.4 Å². The van der Waals surface area contributed by atoms with Crippen LogP contribution in [0.15, 0.2) is 39.8 Å². The first-order valence-electron chi connectivity index (χ1n) is 12.1. The number of benzene rings is 1. The lowest BCUT2D eigenvalue weighted by atomic mass is 9.93. The van der Waals surface area contributed by atoms with Crippen molar-refractivity contribution in [3.05, 3.63) is 57.6 Å². The summed E-state index contributed by atoms with van der Waals surface area (Å²) in [7, 11) is 0. The fraction of sp³-hybridized carbons (Fsp3) is 0.423. The third-order valence-electron chi connectivity index (χ3n) is 6.38. The summed E-state index contributed by atoms with van der Waals surface area (Å²) in [6.45, 7) is 10.7. The van der Waals surface area contributed by atoms with E-state index >= 15 is 0 Å². The number of nitrogens with zero attached hydrogens (tertiary/aromatic N) is 5. The molecule has 1 aromatic carbocycles. The van der Waals surface area contributed by atoms with Crippen LogP contribution in [0.25, 0.3) is 28.5 Å². The molecule has 10 heteroatoms. The summed E-state index contributed by atoms with van der Waals surface area (Å²) in [6, 6.07) is 7.62. The van der Waals surface area contributed by atoms with Gasteiger partial charge in [-0.25, -0.2) is 9.31 Å². The standard InChI is InChI=1S/C26H30N6O4/c1-15-6-7-18(16(2)12-15)22-29-24(36-30-22)19-14-27-32-20(13-21(33)28-23(19)32)17-8-10-31(11-9-17)25(34)35-26(3,4)5/h6-7,12-14,17H,8-11H2,1-5H3,(H,28,33). The van der Waals surface area contributed by atoms with Gasteiger partial charge in [-0.05, 0) is 53.0 Å². The Balaban J connectivity index is 1.41. The van der Waals surface area contributed by atoms with Gasteiger partial charge in [0.15, 0.2) is 0 Å². The van der Waals surface area contributed by atoms with E-state index in [2.05, 4.69) is 26.3 Å². The molecule has 0 bridgehead atoms. The van der Waals surface area contributed by atoms with E-state index in [0.717, 1.165) is 22.4 Å². The van der Waals surface area contributed by atoms with E-state index in [9.17, 15) is 9.59 Å². The number of aromatic amines is 1. The summed E-state index contributed by atoms with van der Waals surface area (Å²) in [6.07, 6.45) is 2.72. The number of fused-ring (bicyclic) bond motifs is 1. The van der Waals surface area contributed by atoms with Crippen molar-refractivity contribution in [1.29, 1.82) is 0 Å². The van der Waals surface area contributed by atoms with Crippen LogP contribution in [0, 0.1) is 13.8 Å². The predicted molar refractivity (Wildman–Crippen MR) is 134 cm³/mol. The van der Waals surface area contributed by atoms with Crippen LogP contribution in [0.1, 0.15) is 56.4 Å². The number of aromatic nitrogens is 5. The molecule has 0 saturated carbocycles. The molecule has 10 nitrogen and oxygen atoms in total. The Morgan fingerprint density at radius 1 is 1.14 bits per heavy atom. The number of carbonyl (C=O) groups excluding carboxylic acids is 1. The molecular formula is C26H30N6O4. The SMILES string of the molecule is Cc1ccc(-c2noc(-c3cnn4c(C5CCN(C(=O)OC(C)(C)C)CC5)cc(=O)[nH]c34)n2)c(C)c1. The van der Waals surface area contributed by atoms with Gasteiger partial charge in [0.1, 0.15) is 16.8 Å². The fourth-order valence-corrected chi connectivity index (χ4v) is 4.65. The molecule has 3 aromatic heterocycles. The maximum absolute atomic E-state index is 12.6. The van der Waals surface area contributed by atoms with Crippen LogP contribution >= 0.6 is 0 Å². The first-order valence-corrected chi connectivity index (χ1v) is 12.1. The monoisotopic (exact) mass is 490 g/mol. The Morgan fingerprint density at radius 2 is 1.89 bits per heavy atom. The molecule has 36 heavy (non-hydrogen) atoms. The summed E-state index contributed by atoms with van der Waals surface area (Å²) >= 11 is 0. The summed E-state index contributed by atoms with van der Waals surface area (Å²) in [4.78, 5) is 34.2. The van der Waals surface area contributed by atoms with Crippen molar-refractivity contribution in [2.45, 2.75) is 59.0 Å². The highest BCUT2D eigenvalue weighted by Crippen LogP contribution is 2.31. The molecule has 5 rings (SSSR count). The lowest BCUT2D eigenvalue weighted by Gasteiger charge is -2.33. The van der Waals surface area contributed by atoms with Crippen molar-refractivity contribution in [3.8, 4) is 22.8 Å². The summed E-state index contributed by atoms with van der Waals surface area (Å²) in [5.74, 6) is 0.831. The third kappa shape index (κ3) is 4.62. The molecule has 0 aliphatic carbocycles. The number of carbonyl (C=O) groups is 1. The van der Waals surface area contributed by atoms with Gasteiger partial charge < -0.3 is 19.1 Å². The van der Waals surface area contributed by atoms with E-state index in [1.165, 1.54) is 0 Å². The number of hydrogen-bond acceptors (Lipinski definition) is 7. The molecule has 1 saturated heterocycles. The quantitative estimate of drug-likeness (QED) is 0.450. The van der Waals surface area contributed by atoms with Crippen molar-refractivity contribution >= 4 is 11.7 Å². The maximum Gasteiger partial charge on any atom is 0.410 e. The number of ether oxygens (including phenoxy) is 1. The topological polar surface area (TPSA) is 119 Å². The number of hydrogen-bond donors (Lipinski definition) is 1. The molecule has 4 heterocycles. The van der Waals surface area contributed by atoms with Gasteiger partial charge in [0.05, 0.1) is 11.9 Å². The van der Waals surface area contributed by atoms with Crippen molar-refractivity contribution in [2.75, 3.05) is 13.1 Å². The smallest absolute Gasteiger partial charge is 0.410 e. The van der Waals surface area contributed by atoms with Crippen molar-refractivity contribution in [3.63, 3.8) is 0 Å². The van der Waals surface area contributed by atoms with Gasteiger partial charge in [-0.1, -0.05) is 28.9 Å². The van der Waals surface area contributed by atoms with Gasteiger partial charge in [0.2, 0.25) is 5.82 Å². The zero-order valence-corrected chi connectivity index (χ0v) is 21.2. The molecule has 1 aliphatic rings. The largest absolute Gasteiger partial charge is 0.444 e. The minimum atomic E-state index is -0.537. The molecule has 0 atom stereocenters. The highest BCUT2D eigenvalue weighted by molar-refractivity contribution is 5.73. The fourth-order valence-electron chi connectivity index (χ4n) is 4.65. The van der Waals surface area contributed by atoms with Crippen molar-refractivity contribution in [2.24, 2.45) is 0 Å². The molecule has 1 amide bonds. The molecule has 4 aromatic rings. The van der Waals surface area contributed by atoms with E-state index in [1.807, 2.05) is 46.8 Å². The number of H-pyrrole nitrogens is 1. The Kier molecular flexibility index (Phi) is 5.89. The van der Waals surface area contributed by atoms with Crippen LogP contribution in [0.4, 0.5) is 4.79 Å². The Labute approximate surface area is 208 Å². The highest BCUT2D eigenvalue weighted by Gasteiger charge is 2.29. The van der Waals surface area contributed by atoms with Crippen molar-refractivity contribution < 1.29 is 14.1 Å². The second-order valence-corrected chi connectivity index (χ2v) is 10.4. The zero-order chi connectivity index (χ0) is 25.6. The predicted octanol–water partition coefficient (Wildman–Crippen LogP) is 4.47. The average molecular weight is 491 g/mol. The molecule has 1 N–H and O–H groups in total. The van der Waals surface area contributed by atoms with Crippen LogP contribution in [-0.2, 0) is 4.74 Å². The van der Waals surface area contributed by atoms with Crippen LogP contribution in [0.2, 0.25) is 0 Å². The maximum atomic E-state index is 12.6. The molecule has 1 fully saturated rings. The van der Waals surface area contributed by atoms with Gasteiger partial charge in [-0.2, -0.15) is 10.1 Å². The molecular weight excluding hydrogens is 460 g/mol. The highest BCUT2D eigenvalue weighted by atomic mass is 16.6. The number of rotatable bonds is 3. The van der Waals surface area contributed by atoms with E-state index < -0.39 is 5.60 Å². The second kappa shape index (κ2) is 8.92. The molecule has 0 unspecified atom stereocenters. The molecule has 0 radical (unpaired) electrons. The minimum absolute atomic E-state index is 0.0645. The van der Waals surface area contributed by atoms with Crippen molar-refractivity contribution in [1.82, 2.24) is 29.6 Å². The van der Waals surface area contributed by atoms with E-state index in [1.54, 1.807) is 21.7 Å². The van der Waals surface area contributed by atoms with E-state index in [-0.39, 0.29) is 23.5 Å². The number of aryl methyl sites for hydroxylation is 2. The summed E-state index contributed by atoms with van der Waals surface area (Å²) in [5, 5.41) is 8.70. The average Bonchev–Trinajstić information content (AvgIpc) is 3.44. The van der Waals surface area contributed by atoms with Gasteiger partial charge in [-0.3, -0.25) is 4.79 Å². The van der Waals surface area contributed by atoms with Gasteiger partial charge in [-0.15, -0.1) is 0 Å². The lowest BCUT2D eigenvalue weighted by molar-refractivity contribution is 0.0203. The first kappa shape index (κ1) is 23.8. The normalized spacial score (nSPS) is 15.0. The second-order valence-electron chi connectivity index (χ2n) is 10.4. The Hall–Kier alpha value is -3.95. The molecule has 0 spiro atoms. The number of piperidine rings is 1. The number of likely N-dealkylation sites (tertiary alicyclic amines) is 1. The molecule has 1 aliphatic heterocycles. The van der Waals surface area contributed by atoms with Gasteiger partial charge in [0, 0.05) is 30.6 Å². The van der Waals surface area contributed by atoms with E-state index in [4.69, 9.17) is 9.26 Å². The Bertz CT molecular complexity index is 1480. The van der Waals surface area contributed by atoms with Crippen LogP contribution < -0.4 is 5.56 Å². The van der Waals surface area contributed by atoms with Crippen LogP contribution in [-0.4, -0.2) is 54.4 Å². The summed E-state index contributed by atoms with van der Waals surface area (Å²) in [5.41, 5.74) is 4.18. The first-order chi connectivity index (χ1) is 17.1. The van der Waals surface area contributed by atoms with Crippen LogP contribution in [0.5, 0.6) is 0 Å².